The van der Waals surface area contributed by atoms with E-state index in [1.165, 1.54) is 0 Å². The molecule has 0 saturated carbocycles. The SMILES string of the molecule is [C]1=CC=CC=CCCC=CCC=C1. The van der Waals surface area contributed by atoms with E-state index in [9.17, 15) is 0 Å². The normalized spacial score (nSPS) is 17.8. The maximum Gasteiger partial charge on any atom is -0.0166 e. The third-order valence-electron chi connectivity index (χ3n) is 1.70. The molecule has 0 fully saturated rings. The van der Waals surface area contributed by atoms with E-state index < -0.39 is 0 Å². The van der Waals surface area contributed by atoms with E-state index in [0.29, 0.717) is 0 Å². The summed E-state index contributed by atoms with van der Waals surface area (Å²) >= 11 is 0. The van der Waals surface area contributed by atoms with Crippen molar-refractivity contribution in [1.82, 2.24) is 0 Å². The maximum atomic E-state index is 3.06. The molecule has 1 radical (unpaired) electrons. The van der Waals surface area contributed by atoms with E-state index in [4.69, 9.17) is 0 Å². The molecule has 67 valence electrons. The van der Waals surface area contributed by atoms with Gasteiger partial charge in [-0.1, -0.05) is 54.7 Å². The zero-order valence-corrected chi connectivity index (χ0v) is 7.82. The molecular weight excluding hydrogens is 156 g/mol. The van der Waals surface area contributed by atoms with Gasteiger partial charge in [0.1, 0.15) is 0 Å². The van der Waals surface area contributed by atoms with Crippen molar-refractivity contribution in [3.63, 3.8) is 0 Å². The average molecular weight is 171 g/mol. The van der Waals surface area contributed by atoms with Gasteiger partial charge >= 0.3 is 0 Å². The van der Waals surface area contributed by atoms with Gasteiger partial charge in [-0.15, -0.1) is 0 Å². The van der Waals surface area contributed by atoms with Crippen molar-refractivity contribution < 1.29 is 0 Å². The average Bonchev–Trinajstić information content (AvgIpc) is 2.18. The summed E-state index contributed by atoms with van der Waals surface area (Å²) in [5.74, 6) is 0. The van der Waals surface area contributed by atoms with Gasteiger partial charge in [-0.05, 0) is 25.3 Å². The molecule has 13 heavy (non-hydrogen) atoms. The predicted octanol–water partition coefficient (Wildman–Crippen LogP) is 3.75. The first-order valence-electron chi connectivity index (χ1n) is 4.71. The van der Waals surface area contributed by atoms with Crippen LogP contribution in [-0.2, 0) is 0 Å². The lowest BCUT2D eigenvalue weighted by Gasteiger charge is -1.84. The van der Waals surface area contributed by atoms with Gasteiger partial charge in [-0.3, -0.25) is 0 Å². The third kappa shape index (κ3) is 5.92. The van der Waals surface area contributed by atoms with Gasteiger partial charge in [-0.25, -0.2) is 0 Å². The zero-order chi connectivity index (χ0) is 9.19. The van der Waals surface area contributed by atoms with Crippen LogP contribution in [0.25, 0.3) is 0 Å². The standard InChI is InChI=1S/C13H15/c1-2-4-6-8-10-12-13-11-9-7-5-3-1/h1-5,9-12H,6,8,13H2. The third-order valence-corrected chi connectivity index (χ3v) is 1.70. The highest BCUT2D eigenvalue weighted by atomic mass is 13.8. The number of rotatable bonds is 0. The van der Waals surface area contributed by atoms with Crippen LogP contribution < -0.4 is 0 Å². The molecule has 0 N–H and O–H groups in total. The van der Waals surface area contributed by atoms with Gasteiger partial charge in [-0.2, -0.15) is 0 Å². The minimum absolute atomic E-state index is 1.01. The largest absolute Gasteiger partial charge is 0.0879 e. The number of hydrogen-bond donors (Lipinski definition) is 0. The summed E-state index contributed by atoms with van der Waals surface area (Å²) in [6.45, 7) is 0. The van der Waals surface area contributed by atoms with Crippen LogP contribution in [0, 0.1) is 6.08 Å². The van der Waals surface area contributed by atoms with E-state index in [0.717, 1.165) is 19.3 Å². The summed E-state index contributed by atoms with van der Waals surface area (Å²) in [6, 6.07) is 0. The molecule has 0 heterocycles. The summed E-state index contributed by atoms with van der Waals surface area (Å²) in [7, 11) is 0. The van der Waals surface area contributed by atoms with Gasteiger partial charge in [0.15, 0.2) is 0 Å². The van der Waals surface area contributed by atoms with Crippen molar-refractivity contribution in [1.29, 1.82) is 0 Å². The molecule has 0 atom stereocenters. The Morgan fingerprint density at radius 1 is 0.769 bits per heavy atom. The lowest BCUT2D eigenvalue weighted by Crippen LogP contribution is -1.64. The molecule has 0 spiro atoms. The van der Waals surface area contributed by atoms with Crippen molar-refractivity contribution in [2.45, 2.75) is 19.3 Å². The summed E-state index contributed by atoms with van der Waals surface area (Å²) in [4.78, 5) is 0. The molecule has 0 aromatic rings. The second kappa shape index (κ2) is 7.35. The summed E-state index contributed by atoms with van der Waals surface area (Å²) < 4.78 is 0. The van der Waals surface area contributed by atoms with E-state index in [1.807, 2.05) is 24.3 Å². The fourth-order valence-electron chi connectivity index (χ4n) is 1.03. The lowest BCUT2D eigenvalue weighted by molar-refractivity contribution is 1.04. The number of allylic oxidation sites excluding steroid dienone is 10. The van der Waals surface area contributed by atoms with Crippen LogP contribution in [0.3, 0.4) is 0 Å². The molecule has 1 rings (SSSR count). The van der Waals surface area contributed by atoms with Crippen LogP contribution in [0.2, 0.25) is 0 Å². The minimum atomic E-state index is 1.01. The maximum absolute atomic E-state index is 3.06. The molecular formula is C13H15. The Kier molecular flexibility index (Phi) is 5.54. The molecule has 0 nitrogen and oxygen atoms in total. The van der Waals surface area contributed by atoms with Crippen LogP contribution in [0.15, 0.2) is 54.7 Å². The number of hydrogen-bond acceptors (Lipinski definition) is 0. The van der Waals surface area contributed by atoms with Crippen molar-refractivity contribution in [2.75, 3.05) is 0 Å². The van der Waals surface area contributed by atoms with Crippen molar-refractivity contribution >= 4 is 0 Å². The second-order valence-corrected chi connectivity index (χ2v) is 2.83. The topological polar surface area (TPSA) is 0 Å². The molecule has 0 bridgehead atoms. The quantitative estimate of drug-likeness (QED) is 0.487. The first kappa shape index (κ1) is 9.79. The van der Waals surface area contributed by atoms with E-state index in [1.54, 1.807) is 0 Å². The molecule has 1 aliphatic rings. The smallest absolute Gasteiger partial charge is 0.0166 e. The van der Waals surface area contributed by atoms with Crippen LogP contribution in [0.4, 0.5) is 0 Å². The van der Waals surface area contributed by atoms with Gasteiger partial charge in [0, 0.05) is 0 Å². The monoisotopic (exact) mass is 171 g/mol. The van der Waals surface area contributed by atoms with E-state index in [2.05, 4.69) is 36.5 Å². The molecule has 0 amide bonds. The van der Waals surface area contributed by atoms with Crippen LogP contribution in [0.1, 0.15) is 19.3 Å². The van der Waals surface area contributed by atoms with E-state index >= 15 is 0 Å². The second-order valence-electron chi connectivity index (χ2n) is 2.83. The van der Waals surface area contributed by atoms with Crippen molar-refractivity contribution in [3.05, 3.63) is 60.8 Å². The van der Waals surface area contributed by atoms with Gasteiger partial charge in [0.2, 0.25) is 0 Å². The molecule has 0 heteroatoms. The highest BCUT2D eigenvalue weighted by Crippen LogP contribution is 1.96. The Bertz CT molecular complexity index is 249. The highest BCUT2D eigenvalue weighted by Gasteiger charge is 1.76. The summed E-state index contributed by atoms with van der Waals surface area (Å²) in [5, 5.41) is 0. The molecule has 0 aromatic heterocycles. The molecule has 0 unspecified atom stereocenters. The molecule has 0 aliphatic heterocycles. The first-order valence-corrected chi connectivity index (χ1v) is 4.71. The van der Waals surface area contributed by atoms with Gasteiger partial charge in [0.05, 0.1) is 0 Å². The Morgan fingerprint density at radius 3 is 2.69 bits per heavy atom. The minimum Gasteiger partial charge on any atom is -0.0879 e. The van der Waals surface area contributed by atoms with Crippen molar-refractivity contribution in [2.24, 2.45) is 0 Å². The fourth-order valence-corrected chi connectivity index (χ4v) is 1.03. The Hall–Kier alpha value is -1.30. The summed E-state index contributed by atoms with van der Waals surface area (Å²) in [5.41, 5.74) is 0. The van der Waals surface area contributed by atoms with Gasteiger partial charge in [0.25, 0.3) is 0 Å². The Balaban J connectivity index is 2.50. The lowest BCUT2D eigenvalue weighted by atomic mass is 10.2. The van der Waals surface area contributed by atoms with E-state index in [-0.39, 0.29) is 0 Å². The van der Waals surface area contributed by atoms with Crippen molar-refractivity contribution in [3.8, 4) is 0 Å². The molecule has 0 saturated heterocycles. The van der Waals surface area contributed by atoms with Crippen LogP contribution in [0.5, 0.6) is 0 Å². The molecule has 1 aliphatic carbocycles. The zero-order valence-electron chi connectivity index (χ0n) is 7.82. The Morgan fingerprint density at radius 2 is 1.69 bits per heavy atom. The van der Waals surface area contributed by atoms with Crippen LogP contribution >= 0.6 is 0 Å². The van der Waals surface area contributed by atoms with Gasteiger partial charge < -0.3 is 0 Å². The molecule has 0 aromatic carbocycles. The fraction of sp³-hybridized carbons (Fsp3) is 0.231. The Labute approximate surface area is 80.7 Å². The first-order chi connectivity index (χ1) is 6.50. The predicted molar refractivity (Wildman–Crippen MR) is 58.2 cm³/mol. The highest BCUT2D eigenvalue weighted by molar-refractivity contribution is 5.13. The summed E-state index contributed by atoms with van der Waals surface area (Å²) in [6.07, 6.45) is 25.0. The van der Waals surface area contributed by atoms with Crippen LogP contribution in [-0.4, -0.2) is 0 Å².